The summed E-state index contributed by atoms with van der Waals surface area (Å²) in [6.07, 6.45) is -4.25. The Hall–Kier alpha value is -1.69. The standard InChI is InChI=1S/C7H6F3N3/c8-7(9,10)1-2-13-5-6(3-11)4-12/h5,13H,1-2H2. The van der Waals surface area contributed by atoms with Crippen LogP contribution in [-0.4, -0.2) is 12.7 Å². The normalized spacial score (nSPS) is 9.62. The lowest BCUT2D eigenvalue weighted by molar-refractivity contribution is -0.133. The Bertz CT molecular complexity index is 250. The van der Waals surface area contributed by atoms with Crippen LogP contribution in [0.5, 0.6) is 0 Å². The van der Waals surface area contributed by atoms with Gasteiger partial charge in [-0.05, 0) is 0 Å². The molecule has 1 N–H and O–H groups in total. The topological polar surface area (TPSA) is 59.6 Å². The van der Waals surface area contributed by atoms with Crippen molar-refractivity contribution in [3.8, 4) is 12.1 Å². The molecule has 70 valence electrons. The highest BCUT2D eigenvalue weighted by atomic mass is 19.4. The molecule has 0 saturated carbocycles. The molecule has 0 aromatic rings. The van der Waals surface area contributed by atoms with Crippen molar-refractivity contribution < 1.29 is 13.2 Å². The number of alkyl halides is 3. The molecular formula is C7H6F3N3. The van der Waals surface area contributed by atoms with Crippen LogP contribution < -0.4 is 5.32 Å². The molecule has 0 bridgehead atoms. The van der Waals surface area contributed by atoms with Crippen LogP contribution in [0, 0.1) is 22.7 Å². The lowest BCUT2D eigenvalue weighted by atomic mass is 10.3. The van der Waals surface area contributed by atoms with Crippen molar-refractivity contribution in [2.75, 3.05) is 6.54 Å². The number of allylic oxidation sites excluding steroid dienone is 1. The van der Waals surface area contributed by atoms with Gasteiger partial charge in [-0.2, -0.15) is 23.7 Å². The summed E-state index contributed by atoms with van der Waals surface area (Å²) in [6, 6.07) is 3.01. The maximum absolute atomic E-state index is 11.6. The van der Waals surface area contributed by atoms with Crippen molar-refractivity contribution in [2.24, 2.45) is 0 Å². The van der Waals surface area contributed by atoms with Gasteiger partial charge in [0.1, 0.15) is 17.7 Å². The minimum absolute atomic E-state index is 0.248. The largest absolute Gasteiger partial charge is 0.390 e. The minimum atomic E-state index is -4.22. The van der Waals surface area contributed by atoms with E-state index in [1.165, 1.54) is 12.1 Å². The van der Waals surface area contributed by atoms with Crippen LogP contribution >= 0.6 is 0 Å². The third-order valence-electron chi connectivity index (χ3n) is 1.04. The fraction of sp³-hybridized carbons (Fsp3) is 0.429. The average molecular weight is 189 g/mol. The molecule has 0 unspecified atom stereocenters. The summed E-state index contributed by atoms with van der Waals surface area (Å²) in [7, 11) is 0. The van der Waals surface area contributed by atoms with E-state index in [1.54, 1.807) is 0 Å². The average Bonchev–Trinajstić information content (AvgIpc) is 2.03. The zero-order chi connectivity index (χ0) is 10.3. The molecule has 3 nitrogen and oxygen atoms in total. The SMILES string of the molecule is N#CC(C#N)=CNCCC(F)(F)F. The molecule has 0 fully saturated rings. The van der Waals surface area contributed by atoms with Gasteiger partial charge >= 0.3 is 6.18 Å². The lowest BCUT2D eigenvalue weighted by Crippen LogP contribution is -2.17. The highest BCUT2D eigenvalue weighted by Gasteiger charge is 2.25. The Balaban J connectivity index is 3.77. The summed E-state index contributed by atoms with van der Waals surface area (Å²) in [5.41, 5.74) is -0.248. The molecule has 0 aliphatic heterocycles. The van der Waals surface area contributed by atoms with E-state index in [4.69, 9.17) is 10.5 Å². The highest BCUT2D eigenvalue weighted by molar-refractivity contribution is 5.34. The van der Waals surface area contributed by atoms with Crippen molar-refractivity contribution in [3.05, 3.63) is 11.8 Å². The Labute approximate surface area is 73.1 Å². The van der Waals surface area contributed by atoms with Crippen LogP contribution in [-0.2, 0) is 0 Å². The van der Waals surface area contributed by atoms with Crippen LogP contribution in [0.15, 0.2) is 11.8 Å². The van der Waals surface area contributed by atoms with E-state index >= 15 is 0 Å². The zero-order valence-corrected chi connectivity index (χ0v) is 6.52. The molecule has 0 amide bonds. The van der Waals surface area contributed by atoms with Crippen molar-refractivity contribution >= 4 is 0 Å². The number of nitrogens with zero attached hydrogens (tertiary/aromatic N) is 2. The summed E-state index contributed by atoms with van der Waals surface area (Å²) >= 11 is 0. The van der Waals surface area contributed by atoms with Crippen LogP contribution in [0.2, 0.25) is 0 Å². The van der Waals surface area contributed by atoms with Crippen LogP contribution in [0.4, 0.5) is 13.2 Å². The van der Waals surface area contributed by atoms with Crippen molar-refractivity contribution in [1.82, 2.24) is 5.32 Å². The van der Waals surface area contributed by atoms with Crippen molar-refractivity contribution in [2.45, 2.75) is 12.6 Å². The highest BCUT2D eigenvalue weighted by Crippen LogP contribution is 2.17. The first-order valence-electron chi connectivity index (χ1n) is 3.30. The number of hydrogen-bond donors (Lipinski definition) is 1. The molecule has 0 aliphatic rings. The van der Waals surface area contributed by atoms with E-state index in [1.807, 2.05) is 0 Å². The first kappa shape index (κ1) is 11.3. The molecule has 13 heavy (non-hydrogen) atoms. The summed E-state index contributed by atoms with van der Waals surface area (Å²) in [5, 5.41) is 18.6. The van der Waals surface area contributed by atoms with Gasteiger partial charge in [0.25, 0.3) is 0 Å². The van der Waals surface area contributed by atoms with Gasteiger partial charge in [-0.25, -0.2) is 0 Å². The minimum Gasteiger partial charge on any atom is -0.389 e. The molecule has 0 aromatic carbocycles. The molecule has 0 aliphatic carbocycles. The van der Waals surface area contributed by atoms with Crippen LogP contribution in [0.25, 0.3) is 0 Å². The van der Waals surface area contributed by atoms with Crippen LogP contribution in [0.1, 0.15) is 6.42 Å². The lowest BCUT2D eigenvalue weighted by Gasteiger charge is -2.04. The smallest absolute Gasteiger partial charge is 0.389 e. The first-order chi connectivity index (χ1) is 5.99. The van der Waals surface area contributed by atoms with Gasteiger partial charge in [-0.1, -0.05) is 0 Å². The van der Waals surface area contributed by atoms with Gasteiger partial charge in [0.2, 0.25) is 0 Å². The second-order valence-electron chi connectivity index (χ2n) is 2.10. The van der Waals surface area contributed by atoms with E-state index in [-0.39, 0.29) is 12.1 Å². The molecule has 0 saturated heterocycles. The summed E-state index contributed by atoms with van der Waals surface area (Å²) in [5.74, 6) is 0. The van der Waals surface area contributed by atoms with Crippen molar-refractivity contribution in [1.29, 1.82) is 10.5 Å². The van der Waals surface area contributed by atoms with Gasteiger partial charge in [0.15, 0.2) is 0 Å². The summed E-state index contributed by atoms with van der Waals surface area (Å²) < 4.78 is 34.7. The Morgan fingerprint density at radius 1 is 1.31 bits per heavy atom. The number of rotatable bonds is 3. The second-order valence-corrected chi connectivity index (χ2v) is 2.10. The van der Waals surface area contributed by atoms with Gasteiger partial charge in [-0.3, -0.25) is 0 Å². The zero-order valence-electron chi connectivity index (χ0n) is 6.52. The number of nitriles is 2. The Morgan fingerprint density at radius 3 is 2.23 bits per heavy atom. The fourth-order valence-electron chi connectivity index (χ4n) is 0.478. The van der Waals surface area contributed by atoms with Crippen LogP contribution in [0.3, 0.4) is 0 Å². The fourth-order valence-corrected chi connectivity index (χ4v) is 0.478. The predicted molar refractivity (Wildman–Crippen MR) is 38.0 cm³/mol. The number of nitrogens with one attached hydrogen (secondary N) is 1. The molecular weight excluding hydrogens is 183 g/mol. The van der Waals surface area contributed by atoms with E-state index in [9.17, 15) is 13.2 Å². The molecule has 0 aromatic heterocycles. The quantitative estimate of drug-likeness (QED) is 0.540. The van der Waals surface area contributed by atoms with Gasteiger partial charge in [0, 0.05) is 12.7 Å². The predicted octanol–water partition coefficient (Wildman–Crippen LogP) is 1.46. The van der Waals surface area contributed by atoms with Crippen molar-refractivity contribution in [3.63, 3.8) is 0 Å². The summed E-state index contributed by atoms with van der Waals surface area (Å²) in [6.45, 7) is -0.337. The monoisotopic (exact) mass is 189 g/mol. The van der Waals surface area contributed by atoms with Gasteiger partial charge in [-0.15, -0.1) is 0 Å². The molecule has 0 spiro atoms. The number of hydrogen-bond acceptors (Lipinski definition) is 3. The Morgan fingerprint density at radius 2 is 1.85 bits per heavy atom. The van der Waals surface area contributed by atoms with E-state index < -0.39 is 12.6 Å². The molecule has 0 heterocycles. The van der Waals surface area contributed by atoms with E-state index in [2.05, 4.69) is 5.32 Å². The second kappa shape index (κ2) is 5.04. The molecule has 0 radical (unpaired) electrons. The molecule has 0 atom stereocenters. The maximum Gasteiger partial charge on any atom is 0.390 e. The maximum atomic E-state index is 11.6. The number of halogens is 3. The van der Waals surface area contributed by atoms with Gasteiger partial charge in [0.05, 0.1) is 6.42 Å². The summed E-state index contributed by atoms with van der Waals surface area (Å²) in [4.78, 5) is 0. The third-order valence-corrected chi connectivity index (χ3v) is 1.04. The third kappa shape index (κ3) is 6.70. The Kier molecular flexibility index (Phi) is 4.39. The first-order valence-corrected chi connectivity index (χ1v) is 3.30. The van der Waals surface area contributed by atoms with E-state index in [0.717, 1.165) is 6.20 Å². The van der Waals surface area contributed by atoms with E-state index in [0.29, 0.717) is 0 Å². The molecule has 0 rings (SSSR count). The molecule has 6 heteroatoms. The van der Waals surface area contributed by atoms with Gasteiger partial charge < -0.3 is 5.32 Å².